The van der Waals surface area contributed by atoms with Gasteiger partial charge in [-0.15, -0.1) is 0 Å². The Morgan fingerprint density at radius 1 is 1.16 bits per heavy atom. The van der Waals surface area contributed by atoms with Crippen LogP contribution in [0.2, 0.25) is 0 Å². The number of nitrogens with one attached hydrogen (secondary N) is 2. The number of nitrogens with zero attached hydrogens (tertiary/aromatic N) is 1. The molecule has 0 saturated carbocycles. The molecule has 0 unspecified atom stereocenters. The summed E-state index contributed by atoms with van der Waals surface area (Å²) in [5.74, 6) is 6.03. The largest absolute Gasteiger partial charge is 0.383 e. The van der Waals surface area contributed by atoms with E-state index in [9.17, 15) is 4.79 Å². The summed E-state index contributed by atoms with van der Waals surface area (Å²) < 4.78 is 4.83. The minimum absolute atomic E-state index is 0.212. The molecule has 5 heteroatoms. The average molecular weight is 269 g/mol. The van der Waals surface area contributed by atoms with Gasteiger partial charge in [-0.25, -0.2) is 4.79 Å². The molecule has 19 heavy (non-hydrogen) atoms. The van der Waals surface area contributed by atoms with Gasteiger partial charge in [0, 0.05) is 25.7 Å². The summed E-state index contributed by atoms with van der Waals surface area (Å²) >= 11 is 0. The zero-order valence-electron chi connectivity index (χ0n) is 12.7. The van der Waals surface area contributed by atoms with Crippen LogP contribution in [-0.2, 0) is 4.74 Å². The van der Waals surface area contributed by atoms with Crippen LogP contribution in [-0.4, -0.2) is 56.4 Å². The molecule has 0 spiro atoms. The molecule has 0 aromatic rings. The molecule has 0 rings (SSSR count). The van der Waals surface area contributed by atoms with Crippen molar-refractivity contribution in [3.8, 4) is 11.8 Å². The van der Waals surface area contributed by atoms with E-state index in [4.69, 9.17) is 4.74 Å². The fourth-order valence-corrected chi connectivity index (χ4v) is 1.62. The second-order valence-electron chi connectivity index (χ2n) is 4.82. The third kappa shape index (κ3) is 9.34. The van der Waals surface area contributed by atoms with Gasteiger partial charge >= 0.3 is 6.03 Å². The van der Waals surface area contributed by atoms with Crippen molar-refractivity contribution in [2.45, 2.75) is 39.8 Å². The molecule has 0 radical (unpaired) electrons. The molecular weight excluding hydrogens is 242 g/mol. The molecule has 110 valence electrons. The smallest absolute Gasteiger partial charge is 0.315 e. The van der Waals surface area contributed by atoms with Crippen LogP contribution in [0.25, 0.3) is 0 Å². The maximum absolute atomic E-state index is 11.3. The van der Waals surface area contributed by atoms with Crippen molar-refractivity contribution in [3.05, 3.63) is 0 Å². The van der Waals surface area contributed by atoms with Crippen molar-refractivity contribution in [2.24, 2.45) is 0 Å². The topological polar surface area (TPSA) is 53.6 Å². The second kappa shape index (κ2) is 10.7. The van der Waals surface area contributed by atoms with E-state index in [2.05, 4.69) is 55.1 Å². The summed E-state index contributed by atoms with van der Waals surface area (Å²) in [4.78, 5) is 13.6. The first-order valence-corrected chi connectivity index (χ1v) is 6.71. The lowest BCUT2D eigenvalue weighted by molar-refractivity contribution is 0.196. The molecule has 0 atom stereocenters. The molecule has 2 amide bonds. The van der Waals surface area contributed by atoms with E-state index in [1.807, 2.05) is 0 Å². The molecule has 0 aliphatic heterocycles. The van der Waals surface area contributed by atoms with Crippen molar-refractivity contribution < 1.29 is 9.53 Å². The van der Waals surface area contributed by atoms with Gasteiger partial charge in [-0.05, 0) is 27.7 Å². The molecule has 0 aliphatic rings. The normalized spacial score (nSPS) is 10.5. The molecule has 0 aliphatic carbocycles. The van der Waals surface area contributed by atoms with E-state index in [-0.39, 0.29) is 6.03 Å². The van der Waals surface area contributed by atoms with E-state index in [0.29, 0.717) is 31.8 Å². The molecule has 0 bridgehead atoms. The van der Waals surface area contributed by atoms with E-state index in [0.717, 1.165) is 6.54 Å². The van der Waals surface area contributed by atoms with Crippen LogP contribution in [0.5, 0.6) is 0 Å². The number of carbonyl (C=O) groups excluding carboxylic acids is 1. The fourth-order valence-electron chi connectivity index (χ4n) is 1.62. The molecule has 0 heterocycles. The fraction of sp³-hybridized carbons (Fsp3) is 0.786. The van der Waals surface area contributed by atoms with Crippen molar-refractivity contribution >= 4 is 6.03 Å². The predicted octanol–water partition coefficient (Wildman–Crippen LogP) is 1.05. The Kier molecular flexibility index (Phi) is 9.95. The third-order valence-corrected chi connectivity index (χ3v) is 2.64. The van der Waals surface area contributed by atoms with Gasteiger partial charge in [-0.3, -0.25) is 4.90 Å². The zero-order chi connectivity index (χ0) is 14.7. The molecule has 2 N–H and O–H groups in total. The summed E-state index contributed by atoms with van der Waals surface area (Å²) in [7, 11) is 1.60. The van der Waals surface area contributed by atoms with Gasteiger partial charge in [-0.2, -0.15) is 0 Å². The van der Waals surface area contributed by atoms with Crippen LogP contribution in [0.15, 0.2) is 0 Å². The highest BCUT2D eigenvalue weighted by atomic mass is 16.5. The number of urea groups is 1. The van der Waals surface area contributed by atoms with E-state index in [1.54, 1.807) is 7.11 Å². The average Bonchev–Trinajstić information content (AvgIpc) is 2.32. The van der Waals surface area contributed by atoms with E-state index < -0.39 is 0 Å². The summed E-state index contributed by atoms with van der Waals surface area (Å²) in [6, 6.07) is 0.732. The molecule has 5 nitrogen and oxygen atoms in total. The van der Waals surface area contributed by atoms with Gasteiger partial charge < -0.3 is 15.4 Å². The van der Waals surface area contributed by atoms with Gasteiger partial charge in [0.1, 0.15) is 0 Å². The number of methoxy groups -OCH3 is 1. The summed E-state index contributed by atoms with van der Waals surface area (Å²) in [5.41, 5.74) is 0. The first-order valence-electron chi connectivity index (χ1n) is 6.71. The number of ether oxygens (including phenoxy) is 1. The van der Waals surface area contributed by atoms with Gasteiger partial charge in [0.05, 0.1) is 19.7 Å². The zero-order valence-corrected chi connectivity index (χ0v) is 12.7. The maximum atomic E-state index is 11.3. The van der Waals surface area contributed by atoms with E-state index >= 15 is 0 Å². The van der Waals surface area contributed by atoms with Crippen LogP contribution in [0.3, 0.4) is 0 Å². The lowest BCUT2D eigenvalue weighted by Gasteiger charge is -2.28. The number of carbonyl (C=O) groups is 1. The summed E-state index contributed by atoms with van der Waals surface area (Å²) in [6.45, 7) is 10.7. The Labute approximate surface area is 117 Å². The van der Waals surface area contributed by atoms with Crippen LogP contribution in [0.4, 0.5) is 4.79 Å². The molecular formula is C14H27N3O2. The lowest BCUT2D eigenvalue weighted by atomic mass is 10.2. The highest BCUT2D eigenvalue weighted by Crippen LogP contribution is 2.02. The van der Waals surface area contributed by atoms with Gasteiger partial charge in [0.15, 0.2) is 0 Å². The number of amides is 2. The lowest BCUT2D eigenvalue weighted by Crippen LogP contribution is -2.38. The standard InChI is InChI=1S/C14H27N3O2/c1-12(2)17(13(3)4)10-7-6-8-15-14(18)16-9-11-19-5/h12-13H,8-11H2,1-5H3,(H2,15,16,18). The van der Waals surface area contributed by atoms with Crippen molar-refractivity contribution in [3.63, 3.8) is 0 Å². The van der Waals surface area contributed by atoms with Gasteiger partial charge in [0.2, 0.25) is 0 Å². The van der Waals surface area contributed by atoms with Crippen molar-refractivity contribution in [1.82, 2.24) is 15.5 Å². The first kappa shape index (κ1) is 17.8. The predicted molar refractivity (Wildman–Crippen MR) is 78.0 cm³/mol. The van der Waals surface area contributed by atoms with Crippen LogP contribution >= 0.6 is 0 Å². The first-order chi connectivity index (χ1) is 8.99. The second-order valence-corrected chi connectivity index (χ2v) is 4.82. The number of rotatable bonds is 7. The minimum Gasteiger partial charge on any atom is -0.383 e. The summed E-state index contributed by atoms with van der Waals surface area (Å²) in [6.07, 6.45) is 0. The Morgan fingerprint density at radius 3 is 2.32 bits per heavy atom. The van der Waals surface area contributed by atoms with Gasteiger partial charge in [0.25, 0.3) is 0 Å². The van der Waals surface area contributed by atoms with Crippen LogP contribution in [0, 0.1) is 11.8 Å². The Hall–Kier alpha value is -1.25. The highest BCUT2D eigenvalue weighted by molar-refractivity contribution is 5.74. The Morgan fingerprint density at radius 2 is 1.79 bits per heavy atom. The van der Waals surface area contributed by atoms with Crippen molar-refractivity contribution in [2.75, 3.05) is 33.4 Å². The monoisotopic (exact) mass is 269 g/mol. The number of hydrogen-bond acceptors (Lipinski definition) is 3. The summed E-state index contributed by atoms with van der Waals surface area (Å²) in [5, 5.41) is 5.34. The highest BCUT2D eigenvalue weighted by Gasteiger charge is 2.10. The van der Waals surface area contributed by atoms with E-state index in [1.165, 1.54) is 0 Å². The quantitative estimate of drug-likeness (QED) is 0.536. The van der Waals surface area contributed by atoms with Crippen LogP contribution < -0.4 is 10.6 Å². The van der Waals surface area contributed by atoms with Gasteiger partial charge in [-0.1, -0.05) is 11.8 Å². The maximum Gasteiger partial charge on any atom is 0.315 e. The SMILES string of the molecule is COCCNC(=O)NCC#CCN(C(C)C)C(C)C. The van der Waals surface area contributed by atoms with Crippen LogP contribution in [0.1, 0.15) is 27.7 Å². The Balaban J connectivity index is 3.83. The minimum atomic E-state index is -0.212. The van der Waals surface area contributed by atoms with Crippen molar-refractivity contribution in [1.29, 1.82) is 0 Å². The molecule has 0 saturated heterocycles. The molecule has 0 aromatic heterocycles. The molecule has 0 fully saturated rings. The Bertz CT molecular complexity index is 298. The molecule has 0 aromatic carbocycles. The number of hydrogen-bond donors (Lipinski definition) is 2. The third-order valence-electron chi connectivity index (χ3n) is 2.64.